The molecule has 0 saturated heterocycles. The molecule has 1 aromatic heterocycles. The molecule has 0 radical (unpaired) electrons. The smallest absolute Gasteiger partial charge is 0.192 e. The van der Waals surface area contributed by atoms with Crippen molar-refractivity contribution in [3.05, 3.63) is 81.6 Å². The molecule has 3 heteroatoms. The van der Waals surface area contributed by atoms with Crippen molar-refractivity contribution in [3.8, 4) is 0 Å². The van der Waals surface area contributed by atoms with Gasteiger partial charge in [0.15, 0.2) is 5.43 Å². The lowest BCUT2D eigenvalue weighted by molar-refractivity contribution is 0.602. The Hall–Kier alpha value is -1.87. The molecule has 0 aliphatic carbocycles. The molecule has 0 atom stereocenters. The van der Waals surface area contributed by atoms with Gasteiger partial charge in [-0.15, -0.1) is 0 Å². The molecule has 0 aliphatic rings. The predicted molar refractivity (Wildman–Crippen MR) is 76.6 cm³/mol. The molecule has 0 saturated carbocycles. The molecule has 18 heavy (non-hydrogen) atoms. The number of halogens is 1. The molecular weight excluding hydrogens is 292 g/mol. The number of hydrogen-bond acceptors (Lipinski definition) is 2. The van der Waals surface area contributed by atoms with Crippen molar-refractivity contribution in [1.82, 2.24) is 0 Å². The number of hydrogen-bond donors (Lipinski definition) is 0. The van der Waals surface area contributed by atoms with E-state index >= 15 is 0 Å². The first-order chi connectivity index (χ1) is 8.77. The van der Waals surface area contributed by atoms with Crippen LogP contribution in [0.25, 0.3) is 11.0 Å². The Balaban J connectivity index is 0.000000169. The van der Waals surface area contributed by atoms with Crippen LogP contribution in [0.2, 0.25) is 0 Å². The van der Waals surface area contributed by atoms with Crippen molar-refractivity contribution >= 4 is 26.9 Å². The summed E-state index contributed by atoms with van der Waals surface area (Å²) in [5.74, 6) is 0. The van der Waals surface area contributed by atoms with Gasteiger partial charge in [0.2, 0.25) is 0 Å². The minimum absolute atomic E-state index is 0.0162. The largest absolute Gasteiger partial charge is 0.464 e. The van der Waals surface area contributed by atoms with Crippen LogP contribution in [-0.2, 0) is 0 Å². The summed E-state index contributed by atoms with van der Waals surface area (Å²) < 4.78 is 6.01. The molecule has 90 valence electrons. The summed E-state index contributed by atoms with van der Waals surface area (Å²) >= 11 is 3.29. The van der Waals surface area contributed by atoms with Crippen molar-refractivity contribution in [2.24, 2.45) is 0 Å². The van der Waals surface area contributed by atoms with E-state index in [1.165, 1.54) is 12.3 Å². The Morgan fingerprint density at radius 2 is 1.50 bits per heavy atom. The first kappa shape index (κ1) is 12.6. The maximum atomic E-state index is 11.3. The number of benzene rings is 2. The van der Waals surface area contributed by atoms with Gasteiger partial charge in [0.25, 0.3) is 0 Å². The lowest BCUT2D eigenvalue weighted by atomic mass is 10.2. The van der Waals surface area contributed by atoms with E-state index in [2.05, 4.69) is 15.9 Å². The van der Waals surface area contributed by atoms with E-state index in [0.29, 0.717) is 11.0 Å². The molecule has 0 aliphatic heterocycles. The van der Waals surface area contributed by atoms with Gasteiger partial charge in [-0.05, 0) is 18.2 Å². The van der Waals surface area contributed by atoms with E-state index in [-0.39, 0.29) is 5.43 Å². The highest BCUT2D eigenvalue weighted by molar-refractivity contribution is 9.10. The maximum absolute atomic E-state index is 11.3. The van der Waals surface area contributed by atoms with Gasteiger partial charge in [0.1, 0.15) is 5.58 Å². The first-order valence-electron chi connectivity index (χ1n) is 5.44. The Morgan fingerprint density at radius 3 is 2.11 bits per heavy atom. The van der Waals surface area contributed by atoms with Crippen molar-refractivity contribution < 1.29 is 4.42 Å². The molecule has 3 rings (SSSR count). The quantitative estimate of drug-likeness (QED) is 0.622. The van der Waals surface area contributed by atoms with Gasteiger partial charge >= 0.3 is 0 Å². The standard InChI is InChI=1S/C9H5BrO2.C6H6/c10-6-1-2-9-7(5-6)8(11)3-4-12-9;1-2-4-6-5-3-1/h1-5H;1-6H. The van der Waals surface area contributed by atoms with E-state index < -0.39 is 0 Å². The second kappa shape index (κ2) is 6.17. The average Bonchev–Trinajstić information content (AvgIpc) is 2.43. The van der Waals surface area contributed by atoms with Gasteiger partial charge in [-0.3, -0.25) is 4.79 Å². The van der Waals surface area contributed by atoms with Crippen molar-refractivity contribution in [2.75, 3.05) is 0 Å². The molecule has 0 amide bonds. The summed E-state index contributed by atoms with van der Waals surface area (Å²) in [5.41, 5.74) is 0.600. The van der Waals surface area contributed by atoms with E-state index in [1.54, 1.807) is 12.1 Å². The number of fused-ring (bicyclic) bond motifs is 1. The first-order valence-corrected chi connectivity index (χ1v) is 6.24. The molecule has 0 bridgehead atoms. The summed E-state index contributed by atoms with van der Waals surface area (Å²) in [4.78, 5) is 11.3. The Labute approximate surface area is 113 Å². The normalized spacial score (nSPS) is 9.61. The van der Waals surface area contributed by atoms with Crippen LogP contribution in [0.1, 0.15) is 0 Å². The van der Waals surface area contributed by atoms with Gasteiger partial charge in [0.05, 0.1) is 11.6 Å². The molecule has 1 heterocycles. The van der Waals surface area contributed by atoms with Crippen LogP contribution in [0.3, 0.4) is 0 Å². The average molecular weight is 303 g/mol. The van der Waals surface area contributed by atoms with Crippen molar-refractivity contribution in [3.63, 3.8) is 0 Å². The fourth-order valence-corrected chi connectivity index (χ4v) is 1.80. The van der Waals surface area contributed by atoms with Crippen LogP contribution in [0.4, 0.5) is 0 Å². The van der Waals surface area contributed by atoms with Crippen LogP contribution in [0.15, 0.2) is 80.6 Å². The minimum Gasteiger partial charge on any atom is -0.464 e. The third-order valence-corrected chi connectivity index (χ3v) is 2.78. The zero-order chi connectivity index (χ0) is 12.8. The second-order valence-corrected chi connectivity index (χ2v) is 4.50. The van der Waals surface area contributed by atoms with Gasteiger partial charge in [-0.2, -0.15) is 0 Å². The summed E-state index contributed by atoms with van der Waals surface area (Å²) in [6, 6.07) is 18.8. The summed E-state index contributed by atoms with van der Waals surface area (Å²) in [5, 5.41) is 0.604. The van der Waals surface area contributed by atoms with Crippen LogP contribution >= 0.6 is 15.9 Å². The third kappa shape index (κ3) is 3.31. The molecule has 0 N–H and O–H groups in total. The zero-order valence-corrected chi connectivity index (χ0v) is 11.1. The van der Waals surface area contributed by atoms with Gasteiger partial charge < -0.3 is 4.42 Å². The van der Waals surface area contributed by atoms with E-state index in [4.69, 9.17) is 4.42 Å². The molecule has 0 fully saturated rings. The zero-order valence-electron chi connectivity index (χ0n) is 9.55. The lowest BCUT2D eigenvalue weighted by Crippen LogP contribution is -1.97. The minimum atomic E-state index is -0.0162. The third-order valence-electron chi connectivity index (χ3n) is 2.29. The second-order valence-electron chi connectivity index (χ2n) is 3.58. The topological polar surface area (TPSA) is 30.2 Å². The van der Waals surface area contributed by atoms with Crippen LogP contribution < -0.4 is 5.43 Å². The summed E-state index contributed by atoms with van der Waals surface area (Å²) in [6.07, 6.45) is 1.40. The van der Waals surface area contributed by atoms with Crippen LogP contribution in [0.5, 0.6) is 0 Å². The fourth-order valence-electron chi connectivity index (χ4n) is 1.44. The molecule has 2 aromatic carbocycles. The monoisotopic (exact) mass is 302 g/mol. The van der Waals surface area contributed by atoms with Gasteiger partial charge in [-0.1, -0.05) is 52.3 Å². The highest BCUT2D eigenvalue weighted by Crippen LogP contribution is 2.16. The van der Waals surface area contributed by atoms with Gasteiger partial charge in [-0.25, -0.2) is 0 Å². The number of rotatable bonds is 0. The van der Waals surface area contributed by atoms with E-state index in [1.807, 2.05) is 42.5 Å². The Morgan fingerprint density at radius 1 is 0.889 bits per heavy atom. The molecule has 3 aromatic rings. The van der Waals surface area contributed by atoms with Crippen molar-refractivity contribution in [2.45, 2.75) is 0 Å². The van der Waals surface area contributed by atoms with Crippen LogP contribution in [0, 0.1) is 0 Å². The lowest BCUT2D eigenvalue weighted by Gasteiger charge is -1.94. The predicted octanol–water partition coefficient (Wildman–Crippen LogP) is 4.24. The Bertz CT molecular complexity index is 648. The highest BCUT2D eigenvalue weighted by Gasteiger charge is 1.98. The van der Waals surface area contributed by atoms with E-state index in [0.717, 1.165) is 4.47 Å². The molecule has 0 spiro atoms. The van der Waals surface area contributed by atoms with Gasteiger partial charge in [0, 0.05) is 10.5 Å². The fraction of sp³-hybridized carbons (Fsp3) is 0. The molecule has 0 unspecified atom stereocenters. The maximum Gasteiger partial charge on any atom is 0.192 e. The highest BCUT2D eigenvalue weighted by atomic mass is 79.9. The summed E-state index contributed by atoms with van der Waals surface area (Å²) in [7, 11) is 0. The SMILES string of the molecule is O=c1ccoc2ccc(Br)cc12.c1ccccc1. The Kier molecular flexibility index (Phi) is 4.31. The molecule has 2 nitrogen and oxygen atoms in total. The summed E-state index contributed by atoms with van der Waals surface area (Å²) in [6.45, 7) is 0. The molecular formula is C15H11BrO2. The van der Waals surface area contributed by atoms with Crippen molar-refractivity contribution in [1.29, 1.82) is 0 Å². The van der Waals surface area contributed by atoms with Crippen LogP contribution in [-0.4, -0.2) is 0 Å². The van der Waals surface area contributed by atoms with E-state index in [9.17, 15) is 4.79 Å².